The number of benzene rings is 2. The van der Waals surface area contributed by atoms with Crippen molar-refractivity contribution in [2.45, 2.75) is 11.8 Å². The summed E-state index contributed by atoms with van der Waals surface area (Å²) in [4.78, 5) is 0.209. The number of nitrogens with one attached hydrogen (secondary N) is 1. The van der Waals surface area contributed by atoms with Gasteiger partial charge >= 0.3 is 0 Å². The third kappa shape index (κ3) is 3.03. The highest BCUT2D eigenvalue weighted by molar-refractivity contribution is 7.92. The largest absolute Gasteiger partial charge is 0.497 e. The fraction of sp³-hybridized carbons (Fsp3) is 0.143. The Hall–Kier alpha value is -2.21. The van der Waals surface area contributed by atoms with E-state index < -0.39 is 10.0 Å². The summed E-state index contributed by atoms with van der Waals surface area (Å²) in [6.07, 6.45) is 0. The number of hydrogen-bond donors (Lipinski definition) is 2. The predicted octanol–water partition coefficient (Wildman–Crippen LogP) is 2.39. The van der Waals surface area contributed by atoms with Crippen LogP contribution in [0.5, 0.6) is 5.75 Å². The maximum atomic E-state index is 12.3. The smallest absolute Gasteiger partial charge is 0.262 e. The Morgan fingerprint density at radius 3 is 2.50 bits per heavy atom. The maximum Gasteiger partial charge on any atom is 0.262 e. The first-order chi connectivity index (χ1) is 9.42. The number of hydrogen-bond acceptors (Lipinski definition) is 4. The molecule has 0 radical (unpaired) electrons. The summed E-state index contributed by atoms with van der Waals surface area (Å²) < 4.78 is 32.3. The molecule has 0 spiro atoms. The first-order valence-electron chi connectivity index (χ1n) is 5.95. The molecule has 5 nitrogen and oxygen atoms in total. The summed E-state index contributed by atoms with van der Waals surface area (Å²) in [5, 5.41) is 0. The number of sulfonamides is 1. The summed E-state index contributed by atoms with van der Waals surface area (Å²) in [6.45, 7) is 1.72. The van der Waals surface area contributed by atoms with Crippen molar-refractivity contribution in [2.24, 2.45) is 0 Å². The molecule has 2 rings (SSSR count). The first-order valence-corrected chi connectivity index (χ1v) is 7.44. The minimum atomic E-state index is -3.65. The van der Waals surface area contributed by atoms with Crippen LogP contribution in [-0.2, 0) is 10.0 Å². The van der Waals surface area contributed by atoms with Crippen molar-refractivity contribution < 1.29 is 13.2 Å². The molecule has 2 aromatic carbocycles. The molecule has 6 heteroatoms. The zero-order valence-corrected chi connectivity index (χ0v) is 12.1. The van der Waals surface area contributed by atoms with Crippen LogP contribution in [-0.4, -0.2) is 15.5 Å². The van der Waals surface area contributed by atoms with Gasteiger partial charge in [0.1, 0.15) is 5.75 Å². The average Bonchev–Trinajstić information content (AvgIpc) is 2.37. The van der Waals surface area contributed by atoms with Gasteiger partial charge in [-0.1, -0.05) is 6.07 Å². The van der Waals surface area contributed by atoms with Crippen LogP contribution >= 0.6 is 0 Å². The Bertz CT molecular complexity index is 727. The van der Waals surface area contributed by atoms with Gasteiger partial charge in [0.2, 0.25) is 0 Å². The summed E-state index contributed by atoms with van der Waals surface area (Å²) in [6, 6.07) is 11.4. The van der Waals surface area contributed by atoms with Gasteiger partial charge in [-0.05, 0) is 48.9 Å². The number of nitrogens with two attached hydrogens (primary N) is 1. The molecule has 0 aliphatic heterocycles. The summed E-state index contributed by atoms with van der Waals surface area (Å²) >= 11 is 0. The van der Waals surface area contributed by atoms with E-state index in [-0.39, 0.29) is 4.90 Å². The molecule has 0 atom stereocenters. The molecule has 0 heterocycles. The molecule has 0 saturated heterocycles. The molecule has 0 aliphatic rings. The Balaban J connectivity index is 2.36. The van der Waals surface area contributed by atoms with E-state index in [1.54, 1.807) is 43.3 Å². The number of rotatable bonds is 4. The molecule has 20 heavy (non-hydrogen) atoms. The molecular weight excluding hydrogens is 276 g/mol. The first kappa shape index (κ1) is 14.2. The normalized spacial score (nSPS) is 11.1. The molecule has 0 fully saturated rings. The highest BCUT2D eigenvalue weighted by Crippen LogP contribution is 2.23. The molecule has 0 aliphatic carbocycles. The van der Waals surface area contributed by atoms with Crippen LogP contribution in [0.15, 0.2) is 47.4 Å². The van der Waals surface area contributed by atoms with E-state index in [4.69, 9.17) is 10.5 Å². The van der Waals surface area contributed by atoms with E-state index in [1.165, 1.54) is 13.2 Å². The van der Waals surface area contributed by atoms with Crippen molar-refractivity contribution in [1.29, 1.82) is 0 Å². The minimum Gasteiger partial charge on any atom is -0.497 e. The number of ether oxygens (including phenoxy) is 1. The summed E-state index contributed by atoms with van der Waals surface area (Å²) in [5.74, 6) is 0.616. The van der Waals surface area contributed by atoms with Crippen molar-refractivity contribution in [3.05, 3.63) is 48.0 Å². The van der Waals surface area contributed by atoms with Gasteiger partial charge in [0.15, 0.2) is 0 Å². The third-order valence-electron chi connectivity index (χ3n) is 2.81. The molecule has 2 aromatic rings. The topological polar surface area (TPSA) is 81.4 Å². The Labute approximate surface area is 118 Å². The van der Waals surface area contributed by atoms with Crippen LogP contribution in [0.1, 0.15) is 5.56 Å². The highest BCUT2D eigenvalue weighted by atomic mass is 32.2. The van der Waals surface area contributed by atoms with Crippen LogP contribution in [0, 0.1) is 6.92 Å². The molecule has 3 N–H and O–H groups in total. The lowest BCUT2D eigenvalue weighted by molar-refractivity contribution is 0.414. The van der Waals surface area contributed by atoms with Crippen LogP contribution in [0.3, 0.4) is 0 Å². The maximum absolute atomic E-state index is 12.3. The van der Waals surface area contributed by atoms with E-state index in [1.807, 2.05) is 0 Å². The van der Waals surface area contributed by atoms with Crippen molar-refractivity contribution >= 4 is 21.4 Å². The number of anilines is 2. The van der Waals surface area contributed by atoms with Crippen LogP contribution < -0.4 is 15.2 Å². The fourth-order valence-corrected chi connectivity index (χ4v) is 3.14. The Morgan fingerprint density at radius 1 is 1.15 bits per heavy atom. The van der Waals surface area contributed by atoms with Gasteiger partial charge in [0.05, 0.1) is 17.7 Å². The second-order valence-electron chi connectivity index (χ2n) is 4.36. The second-order valence-corrected chi connectivity index (χ2v) is 6.01. The van der Waals surface area contributed by atoms with Crippen molar-refractivity contribution in [3.8, 4) is 5.75 Å². The van der Waals surface area contributed by atoms with Crippen molar-refractivity contribution in [3.63, 3.8) is 0 Å². The highest BCUT2D eigenvalue weighted by Gasteiger charge is 2.17. The number of nitrogen functional groups attached to an aromatic ring is 1. The lowest BCUT2D eigenvalue weighted by Gasteiger charge is -2.11. The minimum absolute atomic E-state index is 0.209. The molecule has 0 unspecified atom stereocenters. The van der Waals surface area contributed by atoms with E-state index in [0.717, 1.165) is 0 Å². The number of methoxy groups -OCH3 is 1. The monoisotopic (exact) mass is 292 g/mol. The van der Waals surface area contributed by atoms with E-state index >= 15 is 0 Å². The second kappa shape index (κ2) is 5.42. The number of aryl methyl sites for hydroxylation is 1. The third-order valence-corrected chi connectivity index (χ3v) is 4.35. The lowest BCUT2D eigenvalue weighted by Crippen LogP contribution is -2.14. The zero-order chi connectivity index (χ0) is 14.8. The molecule has 0 bridgehead atoms. The zero-order valence-electron chi connectivity index (χ0n) is 11.3. The predicted molar refractivity (Wildman–Crippen MR) is 79.4 cm³/mol. The SMILES string of the molecule is COc1ccc(S(=O)(=O)Nc2cccc(N)c2)c(C)c1. The van der Waals surface area contributed by atoms with Gasteiger partial charge in [0.25, 0.3) is 10.0 Å². The van der Waals surface area contributed by atoms with Gasteiger partial charge in [-0.15, -0.1) is 0 Å². The van der Waals surface area contributed by atoms with Gasteiger partial charge in [-0.3, -0.25) is 4.72 Å². The van der Waals surface area contributed by atoms with E-state index in [2.05, 4.69) is 4.72 Å². The summed E-state index contributed by atoms with van der Waals surface area (Å²) in [5.41, 5.74) is 7.17. The van der Waals surface area contributed by atoms with Crippen LogP contribution in [0.2, 0.25) is 0 Å². The standard InChI is InChI=1S/C14H16N2O3S/c1-10-8-13(19-2)6-7-14(10)20(17,18)16-12-5-3-4-11(15)9-12/h3-9,16H,15H2,1-2H3. The van der Waals surface area contributed by atoms with E-state index in [0.29, 0.717) is 22.7 Å². The van der Waals surface area contributed by atoms with Gasteiger partial charge in [-0.25, -0.2) is 8.42 Å². The fourth-order valence-electron chi connectivity index (χ4n) is 1.86. The van der Waals surface area contributed by atoms with Gasteiger partial charge < -0.3 is 10.5 Å². The average molecular weight is 292 g/mol. The molecule has 0 aromatic heterocycles. The van der Waals surface area contributed by atoms with Crippen LogP contribution in [0.25, 0.3) is 0 Å². The molecular formula is C14H16N2O3S. The quantitative estimate of drug-likeness (QED) is 0.848. The van der Waals surface area contributed by atoms with Crippen LogP contribution in [0.4, 0.5) is 11.4 Å². The molecule has 0 amide bonds. The van der Waals surface area contributed by atoms with Crippen molar-refractivity contribution in [2.75, 3.05) is 17.6 Å². The molecule has 106 valence electrons. The van der Waals surface area contributed by atoms with E-state index in [9.17, 15) is 8.42 Å². The molecule has 0 saturated carbocycles. The summed E-state index contributed by atoms with van der Waals surface area (Å²) in [7, 11) is -2.11. The lowest BCUT2D eigenvalue weighted by atomic mass is 10.2. The van der Waals surface area contributed by atoms with Gasteiger partial charge in [0, 0.05) is 5.69 Å². The Kier molecular flexibility index (Phi) is 3.85. The Morgan fingerprint density at radius 2 is 1.90 bits per heavy atom. The van der Waals surface area contributed by atoms with Crippen molar-refractivity contribution in [1.82, 2.24) is 0 Å². The van der Waals surface area contributed by atoms with Gasteiger partial charge in [-0.2, -0.15) is 0 Å².